The maximum Gasteiger partial charge on any atom is 0.224 e. The number of carbonyl (C=O) groups is 1. The molecule has 1 heterocycles. The van der Waals surface area contributed by atoms with Gasteiger partial charge in [-0.25, -0.2) is 4.98 Å². The fraction of sp³-hybridized carbons (Fsp3) is 0.286. The molecule has 0 fully saturated rings. The summed E-state index contributed by atoms with van der Waals surface area (Å²) in [7, 11) is 0. The van der Waals surface area contributed by atoms with Gasteiger partial charge in [0.25, 0.3) is 0 Å². The third-order valence-electron chi connectivity index (χ3n) is 2.48. The van der Waals surface area contributed by atoms with E-state index in [9.17, 15) is 4.79 Å². The van der Waals surface area contributed by atoms with E-state index in [1.807, 2.05) is 38.1 Å². The number of oxazole rings is 1. The Labute approximate surface area is 106 Å². The number of rotatable bonds is 4. The molecule has 0 bridgehead atoms. The van der Waals surface area contributed by atoms with Gasteiger partial charge in [-0.3, -0.25) is 4.79 Å². The zero-order valence-corrected chi connectivity index (χ0v) is 10.5. The van der Waals surface area contributed by atoms with Crippen LogP contribution in [0.25, 0.3) is 11.3 Å². The molecule has 18 heavy (non-hydrogen) atoms. The number of benzene rings is 1. The average molecular weight is 244 g/mol. The molecule has 0 saturated heterocycles. The Morgan fingerprint density at radius 3 is 2.61 bits per heavy atom. The number of hydrogen-bond acceptors (Lipinski definition) is 3. The smallest absolute Gasteiger partial charge is 0.224 e. The van der Waals surface area contributed by atoms with Crippen molar-refractivity contribution in [2.24, 2.45) is 5.92 Å². The van der Waals surface area contributed by atoms with Crippen molar-refractivity contribution in [1.29, 1.82) is 0 Å². The van der Waals surface area contributed by atoms with Gasteiger partial charge in [0.05, 0.1) is 6.20 Å². The minimum absolute atomic E-state index is 0.0393. The fourth-order valence-electron chi connectivity index (χ4n) is 1.66. The Balaban J connectivity index is 2.02. The normalized spacial score (nSPS) is 10.6. The molecule has 2 rings (SSSR count). The van der Waals surface area contributed by atoms with Crippen LogP contribution in [0.1, 0.15) is 20.3 Å². The standard InChI is InChI=1S/C14H16N2O2/c1-10(2)7-14(17)16-12-5-3-11(4-6-12)13-8-15-9-18-13/h3-6,8-10H,7H2,1-2H3,(H,16,17). The van der Waals surface area contributed by atoms with Crippen LogP contribution in [0.15, 0.2) is 41.3 Å². The lowest BCUT2D eigenvalue weighted by Gasteiger charge is -2.07. The van der Waals surface area contributed by atoms with E-state index in [4.69, 9.17) is 4.42 Å². The second-order valence-electron chi connectivity index (χ2n) is 4.59. The summed E-state index contributed by atoms with van der Waals surface area (Å²) in [5.41, 5.74) is 1.73. The first-order valence-electron chi connectivity index (χ1n) is 5.94. The fourth-order valence-corrected chi connectivity index (χ4v) is 1.66. The highest BCUT2D eigenvalue weighted by atomic mass is 16.3. The van der Waals surface area contributed by atoms with Gasteiger partial charge in [0.15, 0.2) is 12.2 Å². The first-order valence-corrected chi connectivity index (χ1v) is 5.94. The van der Waals surface area contributed by atoms with Crippen LogP contribution in [-0.4, -0.2) is 10.9 Å². The van der Waals surface area contributed by atoms with Crippen LogP contribution in [0.5, 0.6) is 0 Å². The first kappa shape index (κ1) is 12.4. The topological polar surface area (TPSA) is 55.1 Å². The molecular weight excluding hydrogens is 228 g/mol. The van der Waals surface area contributed by atoms with Crippen molar-refractivity contribution in [2.45, 2.75) is 20.3 Å². The lowest BCUT2D eigenvalue weighted by molar-refractivity contribution is -0.116. The van der Waals surface area contributed by atoms with E-state index in [0.29, 0.717) is 12.3 Å². The number of nitrogens with zero attached hydrogens (tertiary/aromatic N) is 1. The SMILES string of the molecule is CC(C)CC(=O)Nc1ccc(-c2cnco2)cc1. The first-order chi connectivity index (χ1) is 8.65. The summed E-state index contributed by atoms with van der Waals surface area (Å²) >= 11 is 0. The summed E-state index contributed by atoms with van der Waals surface area (Å²) < 4.78 is 5.19. The molecule has 0 spiro atoms. The molecule has 1 amide bonds. The second kappa shape index (κ2) is 5.49. The molecule has 4 nitrogen and oxygen atoms in total. The molecule has 0 aliphatic carbocycles. The molecule has 0 radical (unpaired) electrons. The maximum absolute atomic E-state index is 11.6. The molecule has 2 aromatic rings. The third-order valence-corrected chi connectivity index (χ3v) is 2.48. The van der Waals surface area contributed by atoms with Crippen molar-refractivity contribution in [3.05, 3.63) is 36.9 Å². The van der Waals surface area contributed by atoms with E-state index in [1.165, 1.54) is 6.39 Å². The van der Waals surface area contributed by atoms with Gasteiger partial charge in [-0.15, -0.1) is 0 Å². The zero-order chi connectivity index (χ0) is 13.0. The molecule has 4 heteroatoms. The highest BCUT2D eigenvalue weighted by Crippen LogP contribution is 2.20. The minimum atomic E-state index is 0.0393. The van der Waals surface area contributed by atoms with Crippen molar-refractivity contribution < 1.29 is 9.21 Å². The maximum atomic E-state index is 11.6. The van der Waals surface area contributed by atoms with Gasteiger partial charge in [-0.2, -0.15) is 0 Å². The predicted octanol–water partition coefficient (Wildman–Crippen LogP) is 3.33. The second-order valence-corrected chi connectivity index (χ2v) is 4.59. The van der Waals surface area contributed by atoms with Crippen LogP contribution in [0, 0.1) is 5.92 Å². The van der Waals surface area contributed by atoms with Gasteiger partial charge in [0.2, 0.25) is 5.91 Å². The lowest BCUT2D eigenvalue weighted by atomic mass is 10.1. The molecule has 0 atom stereocenters. The van der Waals surface area contributed by atoms with Crippen molar-refractivity contribution in [3.63, 3.8) is 0 Å². The number of nitrogens with one attached hydrogen (secondary N) is 1. The Morgan fingerprint density at radius 1 is 1.33 bits per heavy atom. The van der Waals surface area contributed by atoms with Crippen molar-refractivity contribution in [3.8, 4) is 11.3 Å². The monoisotopic (exact) mass is 244 g/mol. The average Bonchev–Trinajstić information content (AvgIpc) is 2.82. The van der Waals surface area contributed by atoms with Gasteiger partial charge in [0.1, 0.15) is 0 Å². The summed E-state index contributed by atoms with van der Waals surface area (Å²) in [5.74, 6) is 1.12. The van der Waals surface area contributed by atoms with E-state index in [1.54, 1.807) is 6.20 Å². The zero-order valence-electron chi connectivity index (χ0n) is 10.5. The van der Waals surface area contributed by atoms with E-state index in [-0.39, 0.29) is 5.91 Å². The lowest BCUT2D eigenvalue weighted by Crippen LogP contribution is -2.13. The van der Waals surface area contributed by atoms with Crippen LogP contribution in [0.4, 0.5) is 5.69 Å². The summed E-state index contributed by atoms with van der Waals surface area (Å²) in [6.45, 7) is 4.04. The number of anilines is 1. The Kier molecular flexibility index (Phi) is 3.77. The number of aromatic nitrogens is 1. The molecular formula is C14H16N2O2. The largest absolute Gasteiger partial charge is 0.444 e. The van der Waals surface area contributed by atoms with E-state index in [0.717, 1.165) is 17.0 Å². The van der Waals surface area contributed by atoms with Crippen molar-refractivity contribution >= 4 is 11.6 Å². The Hall–Kier alpha value is -2.10. The van der Waals surface area contributed by atoms with Gasteiger partial charge in [-0.1, -0.05) is 13.8 Å². The molecule has 0 aliphatic rings. The van der Waals surface area contributed by atoms with Crippen LogP contribution in [-0.2, 0) is 4.79 Å². The molecule has 1 aromatic heterocycles. The van der Waals surface area contributed by atoms with Gasteiger partial charge in [-0.05, 0) is 30.2 Å². The summed E-state index contributed by atoms with van der Waals surface area (Å²) in [6, 6.07) is 7.50. The van der Waals surface area contributed by atoms with Gasteiger partial charge < -0.3 is 9.73 Å². The highest BCUT2D eigenvalue weighted by Gasteiger charge is 2.06. The molecule has 0 saturated carbocycles. The van der Waals surface area contributed by atoms with E-state index < -0.39 is 0 Å². The highest BCUT2D eigenvalue weighted by molar-refractivity contribution is 5.91. The minimum Gasteiger partial charge on any atom is -0.444 e. The van der Waals surface area contributed by atoms with Gasteiger partial charge in [0, 0.05) is 17.7 Å². The Morgan fingerprint density at radius 2 is 2.06 bits per heavy atom. The molecule has 94 valence electrons. The number of amides is 1. The van der Waals surface area contributed by atoms with Crippen LogP contribution in [0.2, 0.25) is 0 Å². The van der Waals surface area contributed by atoms with Crippen LogP contribution >= 0.6 is 0 Å². The quantitative estimate of drug-likeness (QED) is 0.897. The molecule has 1 N–H and O–H groups in total. The summed E-state index contributed by atoms with van der Waals surface area (Å²) in [6.07, 6.45) is 3.59. The Bertz CT molecular complexity index is 501. The van der Waals surface area contributed by atoms with Gasteiger partial charge >= 0.3 is 0 Å². The van der Waals surface area contributed by atoms with E-state index >= 15 is 0 Å². The summed E-state index contributed by atoms with van der Waals surface area (Å²) in [5, 5.41) is 2.86. The van der Waals surface area contributed by atoms with E-state index in [2.05, 4.69) is 10.3 Å². The van der Waals surface area contributed by atoms with Crippen molar-refractivity contribution in [1.82, 2.24) is 4.98 Å². The predicted molar refractivity (Wildman–Crippen MR) is 70.0 cm³/mol. The van der Waals surface area contributed by atoms with Crippen LogP contribution < -0.4 is 5.32 Å². The summed E-state index contributed by atoms with van der Waals surface area (Å²) in [4.78, 5) is 15.5. The molecule has 1 aromatic carbocycles. The number of carbonyl (C=O) groups excluding carboxylic acids is 1. The molecule has 0 unspecified atom stereocenters. The third kappa shape index (κ3) is 3.20. The number of hydrogen-bond donors (Lipinski definition) is 1. The molecule has 0 aliphatic heterocycles. The van der Waals surface area contributed by atoms with Crippen molar-refractivity contribution in [2.75, 3.05) is 5.32 Å². The van der Waals surface area contributed by atoms with Crippen LogP contribution in [0.3, 0.4) is 0 Å².